The highest BCUT2D eigenvalue weighted by Crippen LogP contribution is 2.26. The highest BCUT2D eigenvalue weighted by atomic mass is 79.9. The van der Waals surface area contributed by atoms with Crippen molar-refractivity contribution in [2.24, 2.45) is 0 Å². The lowest BCUT2D eigenvalue weighted by atomic mass is 10.1. The van der Waals surface area contributed by atoms with E-state index in [9.17, 15) is 0 Å². The van der Waals surface area contributed by atoms with Crippen molar-refractivity contribution in [1.29, 1.82) is 0 Å². The Balaban J connectivity index is 3.09. The van der Waals surface area contributed by atoms with Crippen LogP contribution in [0.25, 0.3) is 5.57 Å². The summed E-state index contributed by atoms with van der Waals surface area (Å²) >= 11 is 15.0. The predicted molar refractivity (Wildman–Crippen MR) is 59.3 cm³/mol. The molecule has 0 saturated carbocycles. The van der Waals surface area contributed by atoms with Crippen LogP contribution in [0.3, 0.4) is 0 Å². The van der Waals surface area contributed by atoms with Crippen LogP contribution in [0.15, 0.2) is 24.8 Å². The quantitative estimate of drug-likeness (QED) is 0.696. The third-order valence-corrected chi connectivity index (χ3v) is 2.70. The van der Waals surface area contributed by atoms with E-state index >= 15 is 0 Å². The normalized spacial score (nSPS) is 9.92. The maximum absolute atomic E-state index is 5.94. The highest BCUT2D eigenvalue weighted by molar-refractivity contribution is 9.09. The summed E-state index contributed by atoms with van der Waals surface area (Å²) in [5, 5.41) is 2.01. The van der Waals surface area contributed by atoms with Crippen LogP contribution in [0.4, 0.5) is 0 Å². The molecule has 1 aromatic rings. The Bertz CT molecular complexity index is 307. The summed E-state index contributed by atoms with van der Waals surface area (Å²) in [5.74, 6) is 0. The molecule has 0 heterocycles. The number of allylic oxidation sites excluding steroid dienone is 1. The standard InChI is InChI=1S/C9H7BrCl2/c1-6(5-10)8-3-2-7(11)4-9(8)12/h2-4H,1,5H2. The monoisotopic (exact) mass is 264 g/mol. The van der Waals surface area contributed by atoms with Gasteiger partial charge in [0, 0.05) is 15.4 Å². The molecule has 12 heavy (non-hydrogen) atoms. The van der Waals surface area contributed by atoms with Gasteiger partial charge in [-0.05, 0) is 23.3 Å². The summed E-state index contributed by atoms with van der Waals surface area (Å²) < 4.78 is 0. The van der Waals surface area contributed by atoms with E-state index in [1.807, 2.05) is 6.07 Å². The molecule has 64 valence electrons. The Labute approximate surface area is 90.3 Å². The maximum atomic E-state index is 5.94. The molecule has 0 fully saturated rings. The number of alkyl halides is 1. The molecule has 0 bridgehead atoms. The van der Waals surface area contributed by atoms with Gasteiger partial charge in [0.15, 0.2) is 0 Å². The zero-order valence-electron chi connectivity index (χ0n) is 6.28. The molecule has 0 unspecified atom stereocenters. The number of rotatable bonds is 2. The molecule has 0 atom stereocenters. The summed E-state index contributed by atoms with van der Waals surface area (Å²) in [6.07, 6.45) is 0. The minimum atomic E-state index is 0.645. The molecule has 0 aliphatic heterocycles. The molecule has 1 rings (SSSR count). The van der Waals surface area contributed by atoms with E-state index in [1.54, 1.807) is 12.1 Å². The Morgan fingerprint density at radius 1 is 1.42 bits per heavy atom. The molecular formula is C9H7BrCl2. The fraction of sp³-hybridized carbons (Fsp3) is 0.111. The minimum absolute atomic E-state index is 0.645. The van der Waals surface area contributed by atoms with Crippen molar-refractivity contribution < 1.29 is 0 Å². The average Bonchev–Trinajstić information content (AvgIpc) is 2.03. The first-order valence-electron chi connectivity index (χ1n) is 3.34. The van der Waals surface area contributed by atoms with Crippen molar-refractivity contribution in [1.82, 2.24) is 0 Å². The first kappa shape index (κ1) is 10.1. The molecule has 3 heteroatoms. The fourth-order valence-corrected chi connectivity index (χ4v) is 1.69. The molecule has 0 amide bonds. The van der Waals surface area contributed by atoms with Crippen molar-refractivity contribution in [3.05, 3.63) is 40.4 Å². The summed E-state index contributed by atoms with van der Waals surface area (Å²) in [6, 6.07) is 5.39. The van der Waals surface area contributed by atoms with Gasteiger partial charge in [-0.2, -0.15) is 0 Å². The second-order valence-corrected chi connectivity index (χ2v) is 3.77. The van der Waals surface area contributed by atoms with Gasteiger partial charge in [0.05, 0.1) is 0 Å². The van der Waals surface area contributed by atoms with Gasteiger partial charge in [-0.3, -0.25) is 0 Å². The number of halogens is 3. The molecule has 0 nitrogen and oxygen atoms in total. The third kappa shape index (κ3) is 2.25. The predicted octanol–water partition coefficient (Wildman–Crippen LogP) is 4.40. The Morgan fingerprint density at radius 2 is 2.08 bits per heavy atom. The number of hydrogen-bond donors (Lipinski definition) is 0. The van der Waals surface area contributed by atoms with Gasteiger partial charge in [-0.15, -0.1) is 0 Å². The number of hydrogen-bond acceptors (Lipinski definition) is 0. The van der Waals surface area contributed by atoms with E-state index in [-0.39, 0.29) is 0 Å². The summed E-state index contributed by atoms with van der Waals surface area (Å²) in [4.78, 5) is 0. The van der Waals surface area contributed by atoms with E-state index in [4.69, 9.17) is 23.2 Å². The SMILES string of the molecule is C=C(CBr)c1ccc(Cl)cc1Cl. The van der Waals surface area contributed by atoms with Crippen molar-refractivity contribution in [2.45, 2.75) is 0 Å². The first-order chi connectivity index (χ1) is 5.65. The van der Waals surface area contributed by atoms with Gasteiger partial charge in [0.1, 0.15) is 0 Å². The van der Waals surface area contributed by atoms with E-state index in [0.29, 0.717) is 15.4 Å². The molecule has 1 aromatic carbocycles. The smallest absolute Gasteiger partial charge is 0.0496 e. The van der Waals surface area contributed by atoms with Gasteiger partial charge in [0.25, 0.3) is 0 Å². The van der Waals surface area contributed by atoms with Crippen LogP contribution < -0.4 is 0 Å². The van der Waals surface area contributed by atoms with Crippen LogP contribution in [-0.2, 0) is 0 Å². The number of benzene rings is 1. The average molecular weight is 266 g/mol. The molecule has 0 spiro atoms. The molecule has 0 saturated heterocycles. The van der Waals surface area contributed by atoms with Crippen LogP contribution in [0.1, 0.15) is 5.56 Å². The lowest BCUT2D eigenvalue weighted by Crippen LogP contribution is -1.84. The molecule has 0 aliphatic rings. The van der Waals surface area contributed by atoms with E-state index in [1.165, 1.54) is 0 Å². The zero-order chi connectivity index (χ0) is 9.14. The van der Waals surface area contributed by atoms with Crippen molar-refractivity contribution in [2.75, 3.05) is 5.33 Å². The van der Waals surface area contributed by atoms with E-state index in [0.717, 1.165) is 11.1 Å². The highest BCUT2D eigenvalue weighted by Gasteiger charge is 2.03. The topological polar surface area (TPSA) is 0 Å². The second-order valence-electron chi connectivity index (χ2n) is 2.36. The summed E-state index contributed by atoms with van der Waals surface area (Å²) in [5.41, 5.74) is 1.90. The first-order valence-corrected chi connectivity index (χ1v) is 5.22. The lowest BCUT2D eigenvalue weighted by molar-refractivity contribution is 1.59. The zero-order valence-corrected chi connectivity index (χ0v) is 9.38. The molecule has 0 aromatic heterocycles. The largest absolute Gasteiger partial charge is 0.0943 e. The molecular weight excluding hydrogens is 259 g/mol. The third-order valence-electron chi connectivity index (χ3n) is 1.47. The van der Waals surface area contributed by atoms with Gasteiger partial charge < -0.3 is 0 Å². The Kier molecular flexibility index (Phi) is 3.63. The second kappa shape index (κ2) is 4.31. The van der Waals surface area contributed by atoms with Crippen LogP contribution in [0.5, 0.6) is 0 Å². The van der Waals surface area contributed by atoms with Gasteiger partial charge in [0.2, 0.25) is 0 Å². The van der Waals surface area contributed by atoms with E-state index in [2.05, 4.69) is 22.5 Å². The van der Waals surface area contributed by atoms with Gasteiger partial charge >= 0.3 is 0 Å². The molecule has 0 N–H and O–H groups in total. The maximum Gasteiger partial charge on any atom is 0.0496 e. The van der Waals surface area contributed by atoms with Crippen LogP contribution >= 0.6 is 39.1 Å². The minimum Gasteiger partial charge on any atom is -0.0943 e. The van der Waals surface area contributed by atoms with Crippen molar-refractivity contribution in [3.63, 3.8) is 0 Å². The Morgan fingerprint density at radius 3 is 2.58 bits per heavy atom. The van der Waals surface area contributed by atoms with Crippen molar-refractivity contribution >= 4 is 44.7 Å². The van der Waals surface area contributed by atoms with Crippen LogP contribution in [0.2, 0.25) is 10.0 Å². The molecule has 0 radical (unpaired) electrons. The van der Waals surface area contributed by atoms with Crippen LogP contribution in [-0.4, -0.2) is 5.33 Å². The van der Waals surface area contributed by atoms with Gasteiger partial charge in [-0.25, -0.2) is 0 Å². The van der Waals surface area contributed by atoms with Crippen LogP contribution in [0, 0.1) is 0 Å². The summed E-state index contributed by atoms with van der Waals surface area (Å²) in [7, 11) is 0. The Hall–Kier alpha value is 0.0200. The fourth-order valence-electron chi connectivity index (χ4n) is 0.848. The summed E-state index contributed by atoms with van der Waals surface area (Å²) in [6.45, 7) is 3.86. The molecule has 0 aliphatic carbocycles. The van der Waals surface area contributed by atoms with Gasteiger partial charge in [-0.1, -0.05) is 51.8 Å². The van der Waals surface area contributed by atoms with E-state index < -0.39 is 0 Å². The lowest BCUT2D eigenvalue weighted by Gasteiger charge is -2.04. The van der Waals surface area contributed by atoms with Crippen molar-refractivity contribution in [3.8, 4) is 0 Å².